The van der Waals surface area contributed by atoms with Gasteiger partial charge in [-0.3, -0.25) is 0 Å². The molecule has 0 unspecified atom stereocenters. The summed E-state index contributed by atoms with van der Waals surface area (Å²) in [6.45, 7) is 0. The third-order valence-corrected chi connectivity index (χ3v) is 4.02. The van der Waals surface area contributed by atoms with E-state index in [9.17, 15) is 18.0 Å². The lowest BCUT2D eigenvalue weighted by Crippen LogP contribution is -2.17. The molecule has 1 heterocycles. The fourth-order valence-electron chi connectivity index (χ4n) is 2.40. The molecular formula is C17H11BrF3N3O3. The molecule has 140 valence electrons. The summed E-state index contributed by atoms with van der Waals surface area (Å²) in [5.74, 6) is -0.907. The molecule has 0 aliphatic carbocycles. The average molecular weight is 442 g/mol. The van der Waals surface area contributed by atoms with Crippen molar-refractivity contribution in [3.05, 3.63) is 58.7 Å². The number of ether oxygens (including phenoxy) is 2. The fraction of sp³-hybridized carbons (Fsp3) is 0.118. The SMILES string of the molecule is COC(=O)c1ccc(Br)cc1-n1nncc1-c1ccc(OC(F)(F)F)cc1. The van der Waals surface area contributed by atoms with Crippen molar-refractivity contribution in [1.82, 2.24) is 15.0 Å². The quantitative estimate of drug-likeness (QED) is 0.562. The highest BCUT2D eigenvalue weighted by Crippen LogP contribution is 2.29. The summed E-state index contributed by atoms with van der Waals surface area (Å²) in [6.07, 6.45) is -3.34. The summed E-state index contributed by atoms with van der Waals surface area (Å²) in [6, 6.07) is 10.1. The number of alkyl halides is 3. The number of methoxy groups -OCH3 is 1. The highest BCUT2D eigenvalue weighted by molar-refractivity contribution is 9.10. The maximum absolute atomic E-state index is 12.3. The number of esters is 1. The zero-order valence-corrected chi connectivity index (χ0v) is 15.3. The van der Waals surface area contributed by atoms with Crippen LogP contribution in [-0.2, 0) is 4.74 Å². The van der Waals surface area contributed by atoms with E-state index in [1.54, 1.807) is 18.2 Å². The van der Waals surface area contributed by atoms with Crippen LogP contribution < -0.4 is 4.74 Å². The summed E-state index contributed by atoms with van der Waals surface area (Å²) in [4.78, 5) is 12.0. The average Bonchev–Trinajstić information content (AvgIpc) is 3.10. The minimum Gasteiger partial charge on any atom is -0.465 e. The van der Waals surface area contributed by atoms with Gasteiger partial charge in [-0.2, -0.15) is 0 Å². The second kappa shape index (κ2) is 7.39. The first kappa shape index (κ1) is 18.9. The molecule has 0 saturated carbocycles. The van der Waals surface area contributed by atoms with E-state index in [2.05, 4.69) is 31.0 Å². The molecule has 0 bridgehead atoms. The third kappa shape index (κ3) is 4.27. The number of carbonyl (C=O) groups is 1. The summed E-state index contributed by atoms with van der Waals surface area (Å²) in [5.41, 5.74) is 1.66. The van der Waals surface area contributed by atoms with Gasteiger partial charge in [-0.1, -0.05) is 21.1 Å². The van der Waals surface area contributed by atoms with Gasteiger partial charge in [0.25, 0.3) is 0 Å². The van der Waals surface area contributed by atoms with Gasteiger partial charge < -0.3 is 9.47 Å². The van der Waals surface area contributed by atoms with Crippen LogP contribution in [0.1, 0.15) is 10.4 Å². The fourth-order valence-corrected chi connectivity index (χ4v) is 2.75. The number of carbonyl (C=O) groups excluding carboxylic acids is 1. The molecule has 0 atom stereocenters. The first-order chi connectivity index (χ1) is 12.8. The van der Waals surface area contributed by atoms with Crippen LogP contribution in [0.25, 0.3) is 16.9 Å². The minimum atomic E-state index is -4.77. The number of hydrogen-bond acceptors (Lipinski definition) is 5. The highest BCUT2D eigenvalue weighted by Gasteiger charge is 2.31. The molecule has 27 heavy (non-hydrogen) atoms. The van der Waals surface area contributed by atoms with Crippen LogP contribution in [0.3, 0.4) is 0 Å². The van der Waals surface area contributed by atoms with Crippen molar-refractivity contribution in [2.45, 2.75) is 6.36 Å². The molecular weight excluding hydrogens is 431 g/mol. The van der Waals surface area contributed by atoms with Gasteiger partial charge >= 0.3 is 12.3 Å². The smallest absolute Gasteiger partial charge is 0.465 e. The van der Waals surface area contributed by atoms with Gasteiger partial charge in [0.05, 0.1) is 30.3 Å². The Balaban J connectivity index is 2.03. The van der Waals surface area contributed by atoms with Crippen LogP contribution >= 0.6 is 15.9 Å². The van der Waals surface area contributed by atoms with Gasteiger partial charge in [0.2, 0.25) is 0 Å². The standard InChI is InChI=1S/C17H11BrF3N3O3/c1-26-16(25)13-7-4-11(18)8-14(13)24-15(9-22-23-24)10-2-5-12(6-3-10)27-17(19,20)21/h2-9H,1H3. The van der Waals surface area contributed by atoms with Crippen LogP contribution in [0.2, 0.25) is 0 Å². The number of nitrogens with zero attached hydrogens (tertiary/aromatic N) is 3. The molecule has 0 spiro atoms. The maximum atomic E-state index is 12.3. The van der Waals surface area contributed by atoms with E-state index in [0.717, 1.165) is 0 Å². The van der Waals surface area contributed by atoms with E-state index >= 15 is 0 Å². The van der Waals surface area contributed by atoms with Crippen molar-refractivity contribution in [2.75, 3.05) is 7.11 Å². The normalized spacial score (nSPS) is 11.3. The van der Waals surface area contributed by atoms with Gasteiger partial charge in [0.1, 0.15) is 5.75 Å². The first-order valence-corrected chi connectivity index (χ1v) is 8.23. The molecule has 3 aromatic rings. The summed E-state index contributed by atoms with van der Waals surface area (Å²) in [7, 11) is 1.26. The topological polar surface area (TPSA) is 66.2 Å². The molecule has 0 aliphatic rings. The largest absolute Gasteiger partial charge is 0.573 e. The molecule has 6 nitrogen and oxygen atoms in total. The summed E-state index contributed by atoms with van der Waals surface area (Å²) < 4.78 is 47.6. The molecule has 0 aliphatic heterocycles. The second-order valence-corrected chi connectivity index (χ2v) is 6.17. The number of aromatic nitrogens is 3. The van der Waals surface area contributed by atoms with Crippen molar-refractivity contribution in [3.8, 4) is 22.7 Å². The Labute approximate surface area is 159 Å². The second-order valence-electron chi connectivity index (χ2n) is 5.26. The molecule has 0 fully saturated rings. The first-order valence-electron chi connectivity index (χ1n) is 7.43. The maximum Gasteiger partial charge on any atom is 0.573 e. The number of benzene rings is 2. The molecule has 3 rings (SSSR count). The lowest BCUT2D eigenvalue weighted by molar-refractivity contribution is -0.274. The van der Waals surface area contributed by atoms with E-state index in [-0.39, 0.29) is 11.3 Å². The molecule has 1 aromatic heterocycles. The molecule has 0 amide bonds. The number of halogens is 4. The van der Waals surface area contributed by atoms with E-state index < -0.39 is 12.3 Å². The van der Waals surface area contributed by atoms with Crippen molar-refractivity contribution >= 4 is 21.9 Å². The Hall–Kier alpha value is -2.88. The minimum absolute atomic E-state index is 0.254. The Morgan fingerprint density at radius 1 is 1.15 bits per heavy atom. The molecule has 10 heteroatoms. The highest BCUT2D eigenvalue weighted by atomic mass is 79.9. The summed E-state index contributed by atoms with van der Waals surface area (Å²) >= 11 is 3.33. The predicted octanol–water partition coefficient (Wildman–Crippen LogP) is 4.38. The van der Waals surface area contributed by atoms with Gasteiger partial charge in [-0.05, 0) is 42.5 Å². The van der Waals surface area contributed by atoms with Gasteiger partial charge in [-0.25, -0.2) is 9.48 Å². The van der Waals surface area contributed by atoms with Crippen molar-refractivity contribution in [2.24, 2.45) is 0 Å². The van der Waals surface area contributed by atoms with Crippen LogP contribution in [0.15, 0.2) is 53.1 Å². The van der Waals surface area contributed by atoms with Gasteiger partial charge in [-0.15, -0.1) is 18.3 Å². The van der Waals surface area contributed by atoms with Crippen molar-refractivity contribution in [3.63, 3.8) is 0 Å². The van der Waals surface area contributed by atoms with Gasteiger partial charge in [0, 0.05) is 10.0 Å². The van der Waals surface area contributed by atoms with Gasteiger partial charge in [0.15, 0.2) is 0 Å². The number of hydrogen-bond donors (Lipinski definition) is 0. The lowest BCUT2D eigenvalue weighted by atomic mass is 10.1. The van der Waals surface area contributed by atoms with Crippen molar-refractivity contribution < 1.29 is 27.4 Å². The zero-order chi connectivity index (χ0) is 19.6. The van der Waals surface area contributed by atoms with Crippen LogP contribution in [0.5, 0.6) is 5.75 Å². The number of rotatable bonds is 4. The molecule has 0 radical (unpaired) electrons. The third-order valence-electron chi connectivity index (χ3n) is 3.53. The molecule has 2 aromatic carbocycles. The van der Waals surface area contributed by atoms with Crippen LogP contribution in [0.4, 0.5) is 13.2 Å². The Bertz CT molecular complexity index is 972. The Morgan fingerprint density at radius 3 is 2.48 bits per heavy atom. The van der Waals surface area contributed by atoms with E-state index in [1.807, 2.05) is 0 Å². The predicted molar refractivity (Wildman–Crippen MR) is 92.5 cm³/mol. The summed E-state index contributed by atoms with van der Waals surface area (Å²) in [5, 5.41) is 7.84. The van der Waals surface area contributed by atoms with E-state index in [1.165, 1.54) is 42.3 Å². The van der Waals surface area contributed by atoms with E-state index in [4.69, 9.17) is 4.74 Å². The zero-order valence-electron chi connectivity index (χ0n) is 13.7. The molecule has 0 N–H and O–H groups in total. The molecule has 0 saturated heterocycles. The monoisotopic (exact) mass is 441 g/mol. The van der Waals surface area contributed by atoms with Crippen LogP contribution in [-0.4, -0.2) is 34.4 Å². The van der Waals surface area contributed by atoms with Crippen LogP contribution in [0, 0.1) is 0 Å². The van der Waals surface area contributed by atoms with Crippen molar-refractivity contribution in [1.29, 1.82) is 0 Å². The Kier molecular flexibility index (Phi) is 5.17. The van der Waals surface area contributed by atoms with E-state index in [0.29, 0.717) is 21.4 Å². The Morgan fingerprint density at radius 2 is 1.85 bits per heavy atom. The lowest BCUT2D eigenvalue weighted by Gasteiger charge is -2.12.